The number of benzene rings is 1. The lowest BCUT2D eigenvalue weighted by Gasteiger charge is -2.27. The Kier molecular flexibility index (Phi) is 5.95. The topological polar surface area (TPSA) is 92.8 Å². The Balaban J connectivity index is 2.10. The predicted octanol–water partition coefficient (Wildman–Crippen LogP) is 0.596. The van der Waals surface area contributed by atoms with Gasteiger partial charge in [0.1, 0.15) is 0 Å². The van der Waals surface area contributed by atoms with Crippen LogP contribution in [0.15, 0.2) is 24.3 Å². The fourth-order valence-electron chi connectivity index (χ4n) is 2.70. The summed E-state index contributed by atoms with van der Waals surface area (Å²) >= 11 is 0. The largest absolute Gasteiger partial charge is 0.383 e. The minimum Gasteiger partial charge on any atom is -0.383 e. The molecular formula is C16H22N2O5S. The third-order valence-corrected chi connectivity index (χ3v) is 5.67. The van der Waals surface area contributed by atoms with Crippen molar-refractivity contribution in [1.82, 2.24) is 4.90 Å². The third-order valence-electron chi connectivity index (χ3n) is 3.92. The van der Waals surface area contributed by atoms with Crippen LogP contribution >= 0.6 is 0 Å². The summed E-state index contributed by atoms with van der Waals surface area (Å²) in [6.45, 7) is 2.29. The fraction of sp³-hybridized carbons (Fsp3) is 0.500. The zero-order chi connectivity index (χ0) is 17.7. The van der Waals surface area contributed by atoms with Crippen molar-refractivity contribution in [1.29, 1.82) is 0 Å². The Hall–Kier alpha value is -1.93. The zero-order valence-electron chi connectivity index (χ0n) is 13.8. The third kappa shape index (κ3) is 4.78. The van der Waals surface area contributed by atoms with Crippen LogP contribution in [0.4, 0.5) is 5.69 Å². The number of aryl methyl sites for hydroxylation is 1. The molecule has 1 aromatic rings. The van der Waals surface area contributed by atoms with E-state index < -0.39 is 27.7 Å². The molecule has 0 saturated carbocycles. The number of rotatable bonds is 5. The van der Waals surface area contributed by atoms with Crippen LogP contribution in [0, 0.1) is 6.92 Å². The van der Waals surface area contributed by atoms with Gasteiger partial charge >= 0.3 is 11.8 Å². The number of anilines is 1. The van der Waals surface area contributed by atoms with Crippen molar-refractivity contribution in [3.8, 4) is 0 Å². The van der Waals surface area contributed by atoms with E-state index in [9.17, 15) is 18.0 Å². The predicted molar refractivity (Wildman–Crippen MR) is 90.5 cm³/mol. The maximum Gasteiger partial charge on any atom is 0.313 e. The van der Waals surface area contributed by atoms with Crippen LogP contribution in [0.3, 0.4) is 0 Å². The Labute approximate surface area is 141 Å². The van der Waals surface area contributed by atoms with E-state index in [-0.39, 0.29) is 24.7 Å². The van der Waals surface area contributed by atoms with Crippen molar-refractivity contribution in [2.45, 2.75) is 19.4 Å². The maximum absolute atomic E-state index is 12.5. The van der Waals surface area contributed by atoms with E-state index >= 15 is 0 Å². The molecule has 8 heteroatoms. The first-order chi connectivity index (χ1) is 11.3. The van der Waals surface area contributed by atoms with Crippen molar-refractivity contribution in [3.63, 3.8) is 0 Å². The lowest BCUT2D eigenvalue weighted by Crippen LogP contribution is -2.47. The van der Waals surface area contributed by atoms with Gasteiger partial charge in [-0.25, -0.2) is 8.42 Å². The SMILES string of the molecule is COCCN(C(=O)C(=O)Nc1cccc(C)c1)C1CCS(=O)(=O)C1. The molecule has 1 aliphatic heterocycles. The second-order valence-corrected chi connectivity index (χ2v) is 8.10. The highest BCUT2D eigenvalue weighted by molar-refractivity contribution is 7.91. The van der Waals surface area contributed by atoms with E-state index in [4.69, 9.17) is 4.74 Å². The molecule has 1 atom stereocenters. The van der Waals surface area contributed by atoms with Gasteiger partial charge in [-0.2, -0.15) is 0 Å². The van der Waals surface area contributed by atoms with Gasteiger partial charge in [0.15, 0.2) is 9.84 Å². The summed E-state index contributed by atoms with van der Waals surface area (Å²) in [6, 6.07) is 6.62. The van der Waals surface area contributed by atoms with Gasteiger partial charge in [0.2, 0.25) is 0 Å². The number of hydrogen-bond donors (Lipinski definition) is 1. The van der Waals surface area contributed by atoms with Gasteiger partial charge in [0.25, 0.3) is 0 Å². The highest BCUT2D eigenvalue weighted by Gasteiger charge is 2.36. The molecule has 2 amide bonds. The number of nitrogens with one attached hydrogen (secondary N) is 1. The molecule has 0 radical (unpaired) electrons. The van der Waals surface area contributed by atoms with Crippen LogP contribution in [0.5, 0.6) is 0 Å². The summed E-state index contributed by atoms with van der Waals surface area (Å²) in [5, 5.41) is 2.56. The molecule has 0 spiro atoms. The quantitative estimate of drug-likeness (QED) is 0.782. The molecule has 7 nitrogen and oxygen atoms in total. The minimum atomic E-state index is -3.16. The molecule has 1 aromatic carbocycles. The molecule has 1 N–H and O–H groups in total. The summed E-state index contributed by atoms with van der Waals surface area (Å²) in [4.78, 5) is 26.1. The van der Waals surface area contributed by atoms with E-state index in [2.05, 4.69) is 5.32 Å². The van der Waals surface area contributed by atoms with Crippen LogP contribution in [0.2, 0.25) is 0 Å². The van der Waals surface area contributed by atoms with Crippen LogP contribution in [0.1, 0.15) is 12.0 Å². The Morgan fingerprint density at radius 3 is 2.71 bits per heavy atom. The standard InChI is InChI=1S/C16H22N2O5S/c1-12-4-3-5-13(10-12)17-15(19)16(20)18(7-8-23-2)14-6-9-24(21,22)11-14/h3-5,10,14H,6-9,11H2,1-2H3,(H,17,19). The number of sulfone groups is 1. The van der Waals surface area contributed by atoms with E-state index in [0.717, 1.165) is 5.56 Å². The van der Waals surface area contributed by atoms with Crippen LogP contribution in [0.25, 0.3) is 0 Å². The van der Waals surface area contributed by atoms with E-state index in [0.29, 0.717) is 12.1 Å². The normalized spacial score (nSPS) is 19.0. The number of nitrogens with zero attached hydrogens (tertiary/aromatic N) is 1. The molecule has 1 heterocycles. The number of methoxy groups -OCH3 is 1. The maximum atomic E-state index is 12.5. The van der Waals surface area contributed by atoms with Gasteiger partial charge in [0, 0.05) is 25.4 Å². The summed E-state index contributed by atoms with van der Waals surface area (Å²) in [7, 11) is -1.67. The summed E-state index contributed by atoms with van der Waals surface area (Å²) < 4.78 is 28.3. The highest BCUT2D eigenvalue weighted by Crippen LogP contribution is 2.18. The number of amides is 2. The first-order valence-electron chi connectivity index (χ1n) is 7.70. The average molecular weight is 354 g/mol. The average Bonchev–Trinajstić information content (AvgIpc) is 2.87. The zero-order valence-corrected chi connectivity index (χ0v) is 14.6. The van der Waals surface area contributed by atoms with Gasteiger partial charge < -0.3 is 15.0 Å². The van der Waals surface area contributed by atoms with Gasteiger partial charge in [-0.15, -0.1) is 0 Å². The Morgan fingerprint density at radius 1 is 1.38 bits per heavy atom. The summed E-state index contributed by atoms with van der Waals surface area (Å²) in [5.41, 5.74) is 1.48. The van der Waals surface area contributed by atoms with Gasteiger partial charge in [0.05, 0.1) is 18.1 Å². The van der Waals surface area contributed by atoms with Crippen molar-refractivity contribution < 1.29 is 22.7 Å². The molecule has 0 bridgehead atoms. The summed E-state index contributed by atoms with van der Waals surface area (Å²) in [6.07, 6.45) is 0.343. The van der Waals surface area contributed by atoms with Gasteiger partial charge in [-0.1, -0.05) is 12.1 Å². The molecule has 1 fully saturated rings. The monoisotopic (exact) mass is 354 g/mol. The highest BCUT2D eigenvalue weighted by atomic mass is 32.2. The fourth-order valence-corrected chi connectivity index (χ4v) is 4.43. The molecule has 0 aliphatic carbocycles. The smallest absolute Gasteiger partial charge is 0.313 e. The van der Waals surface area contributed by atoms with E-state index in [1.165, 1.54) is 12.0 Å². The molecular weight excluding hydrogens is 332 g/mol. The number of carbonyl (C=O) groups is 2. The molecule has 24 heavy (non-hydrogen) atoms. The second kappa shape index (κ2) is 7.76. The van der Waals surface area contributed by atoms with Crippen molar-refractivity contribution in [2.75, 3.05) is 37.1 Å². The van der Waals surface area contributed by atoms with Crippen molar-refractivity contribution >= 4 is 27.3 Å². The van der Waals surface area contributed by atoms with Crippen LogP contribution in [-0.4, -0.2) is 62.9 Å². The second-order valence-electron chi connectivity index (χ2n) is 5.87. The molecule has 1 aliphatic rings. The first kappa shape index (κ1) is 18.4. The molecule has 0 aromatic heterocycles. The van der Waals surface area contributed by atoms with Crippen molar-refractivity contribution in [3.05, 3.63) is 29.8 Å². The lowest BCUT2D eigenvalue weighted by atomic mass is 10.2. The van der Waals surface area contributed by atoms with Gasteiger partial charge in [-0.3, -0.25) is 9.59 Å². The van der Waals surface area contributed by atoms with E-state index in [1.807, 2.05) is 13.0 Å². The Morgan fingerprint density at radius 2 is 2.12 bits per heavy atom. The molecule has 132 valence electrons. The molecule has 1 saturated heterocycles. The lowest BCUT2D eigenvalue weighted by molar-refractivity contribution is -0.144. The number of hydrogen-bond acceptors (Lipinski definition) is 5. The molecule has 1 unspecified atom stereocenters. The van der Waals surface area contributed by atoms with Crippen LogP contribution in [-0.2, 0) is 24.2 Å². The van der Waals surface area contributed by atoms with Gasteiger partial charge in [-0.05, 0) is 31.0 Å². The number of carbonyl (C=O) groups excluding carboxylic acids is 2. The Bertz CT molecular complexity index is 717. The van der Waals surface area contributed by atoms with Crippen LogP contribution < -0.4 is 5.32 Å². The molecule has 2 rings (SSSR count). The minimum absolute atomic E-state index is 0.0356. The number of ether oxygens (including phenoxy) is 1. The summed E-state index contributed by atoms with van der Waals surface area (Å²) in [5.74, 6) is -1.59. The van der Waals surface area contributed by atoms with Crippen molar-refractivity contribution in [2.24, 2.45) is 0 Å². The first-order valence-corrected chi connectivity index (χ1v) is 9.52. The van der Waals surface area contributed by atoms with E-state index in [1.54, 1.807) is 18.2 Å².